The van der Waals surface area contributed by atoms with Crippen LogP contribution in [0.15, 0.2) is 41.5 Å². The number of anilines is 2. The second kappa shape index (κ2) is 10.3. The third-order valence-corrected chi connectivity index (χ3v) is 5.90. The first-order valence-corrected chi connectivity index (χ1v) is 11.3. The zero-order valence-electron chi connectivity index (χ0n) is 20.5. The number of rotatable bonds is 6. The molecule has 0 saturated carbocycles. The van der Waals surface area contributed by atoms with Crippen molar-refractivity contribution in [3.63, 3.8) is 0 Å². The van der Waals surface area contributed by atoms with E-state index in [1.807, 2.05) is 19.1 Å². The molecule has 0 spiro atoms. The Morgan fingerprint density at radius 2 is 1.84 bits per heavy atom. The van der Waals surface area contributed by atoms with Gasteiger partial charge >= 0.3 is 5.97 Å². The third kappa shape index (κ3) is 5.01. The Kier molecular flexibility index (Phi) is 6.97. The summed E-state index contributed by atoms with van der Waals surface area (Å²) in [5, 5.41) is 9.57. The highest BCUT2D eigenvalue weighted by Crippen LogP contribution is 2.33. The number of fused-ring (bicyclic) bond motifs is 1. The molecule has 0 radical (unpaired) electrons. The number of methoxy groups -OCH3 is 2. The van der Waals surface area contributed by atoms with Crippen molar-refractivity contribution in [1.82, 2.24) is 15.0 Å². The Bertz CT molecular complexity index is 1650. The quantitative estimate of drug-likeness (QED) is 0.292. The number of pyridine rings is 1. The molecule has 2 aromatic heterocycles. The number of carboxylic acids is 1. The fraction of sp³-hybridized carbons (Fsp3) is 0.185. The van der Waals surface area contributed by atoms with Gasteiger partial charge in [-0.3, -0.25) is 4.79 Å². The van der Waals surface area contributed by atoms with Crippen LogP contribution in [0.5, 0.6) is 11.5 Å². The molecule has 0 unspecified atom stereocenters. The lowest BCUT2D eigenvalue weighted by molar-refractivity contribution is 0.0695. The van der Waals surface area contributed by atoms with E-state index in [9.17, 15) is 14.7 Å². The molecule has 10 nitrogen and oxygen atoms in total. The number of nitrogens with zero attached hydrogens (tertiary/aromatic N) is 2. The molecule has 6 N–H and O–H groups in total. The van der Waals surface area contributed by atoms with Gasteiger partial charge in [-0.1, -0.05) is 18.8 Å². The van der Waals surface area contributed by atoms with Gasteiger partial charge in [0, 0.05) is 35.3 Å². The van der Waals surface area contributed by atoms with Gasteiger partial charge in [0.2, 0.25) is 11.4 Å². The largest absolute Gasteiger partial charge is 0.493 e. The normalized spacial score (nSPS) is 10.6. The van der Waals surface area contributed by atoms with Gasteiger partial charge in [0.05, 0.1) is 25.3 Å². The number of hydrogen-bond donors (Lipinski definition) is 4. The van der Waals surface area contributed by atoms with Gasteiger partial charge in [0.15, 0.2) is 11.5 Å². The monoisotopic (exact) mass is 499 g/mol. The molecule has 0 atom stereocenters. The summed E-state index contributed by atoms with van der Waals surface area (Å²) in [5.41, 5.74) is 14.9. The first-order chi connectivity index (χ1) is 17.7. The first kappa shape index (κ1) is 25.1. The van der Waals surface area contributed by atoms with Gasteiger partial charge in [-0.2, -0.15) is 4.98 Å². The van der Waals surface area contributed by atoms with Crippen molar-refractivity contribution in [2.75, 3.05) is 25.7 Å². The molecule has 2 heterocycles. The van der Waals surface area contributed by atoms with Crippen LogP contribution in [0.1, 0.15) is 45.1 Å². The standard InChI is InChI=1S/C27H25N5O5/c1-4-15-10-19-21(30-13-20(23(19)33)26(34)35)11-16(15)5-6-17-7-14(9-22(36-2)24(17)37-3)8-18-12-31-27(29)32-25(18)28/h7,9-13H,4,8H2,1-3H3,(H,30,33)(H,34,35)(H4,28,29,31,32). The van der Waals surface area contributed by atoms with Gasteiger partial charge in [-0.05, 0) is 41.8 Å². The number of carbonyl (C=O) groups is 1. The lowest BCUT2D eigenvalue weighted by Crippen LogP contribution is -2.15. The van der Waals surface area contributed by atoms with Crippen molar-refractivity contribution in [3.05, 3.63) is 80.3 Å². The number of nitrogens with one attached hydrogen (secondary N) is 1. The number of hydrogen-bond acceptors (Lipinski definition) is 8. The van der Waals surface area contributed by atoms with Crippen LogP contribution in [0.2, 0.25) is 0 Å². The summed E-state index contributed by atoms with van der Waals surface area (Å²) in [5.74, 6) is 6.42. The van der Waals surface area contributed by atoms with Crippen LogP contribution in [0.25, 0.3) is 10.9 Å². The molecular weight excluding hydrogens is 474 g/mol. The molecule has 0 aliphatic carbocycles. The zero-order chi connectivity index (χ0) is 26.7. The van der Waals surface area contributed by atoms with Crippen molar-refractivity contribution >= 4 is 28.6 Å². The lowest BCUT2D eigenvalue weighted by Gasteiger charge is -2.13. The minimum Gasteiger partial charge on any atom is -0.493 e. The second-order valence-electron chi connectivity index (χ2n) is 8.19. The van der Waals surface area contributed by atoms with Crippen LogP contribution < -0.4 is 26.4 Å². The van der Waals surface area contributed by atoms with Gasteiger partial charge in [0.25, 0.3) is 0 Å². The van der Waals surface area contributed by atoms with Gasteiger partial charge in [0.1, 0.15) is 11.4 Å². The number of carboxylic acid groups (broad SMARTS) is 1. The number of aryl methyl sites for hydroxylation is 1. The van der Waals surface area contributed by atoms with Crippen molar-refractivity contribution in [1.29, 1.82) is 0 Å². The average Bonchev–Trinajstić information content (AvgIpc) is 2.88. The van der Waals surface area contributed by atoms with Crippen molar-refractivity contribution < 1.29 is 19.4 Å². The van der Waals surface area contributed by atoms with Crippen molar-refractivity contribution in [2.45, 2.75) is 19.8 Å². The number of benzene rings is 2. The number of H-pyrrole nitrogens is 1. The summed E-state index contributed by atoms with van der Waals surface area (Å²) in [6.45, 7) is 1.94. The molecule has 188 valence electrons. The van der Waals surface area contributed by atoms with E-state index >= 15 is 0 Å². The predicted molar refractivity (Wildman–Crippen MR) is 140 cm³/mol. The Morgan fingerprint density at radius 3 is 2.49 bits per heavy atom. The second-order valence-corrected chi connectivity index (χ2v) is 8.19. The SMILES string of the molecule is CCc1cc2c(=O)c(C(=O)O)c[nH]c2cc1C#Cc1cc(Cc2cnc(N)nc2N)cc(OC)c1OC. The van der Waals surface area contributed by atoms with E-state index in [1.165, 1.54) is 13.3 Å². The van der Waals surface area contributed by atoms with E-state index in [0.29, 0.717) is 57.8 Å². The number of aromatic nitrogens is 3. The molecule has 4 rings (SSSR count). The molecule has 37 heavy (non-hydrogen) atoms. The zero-order valence-corrected chi connectivity index (χ0v) is 20.5. The molecule has 10 heteroatoms. The number of nitrogens with two attached hydrogens (primary N) is 2. The summed E-state index contributed by atoms with van der Waals surface area (Å²) in [7, 11) is 3.08. The van der Waals surface area contributed by atoms with E-state index in [2.05, 4.69) is 26.8 Å². The molecule has 0 aliphatic heterocycles. The molecule has 0 amide bonds. The maximum Gasteiger partial charge on any atom is 0.341 e. The Morgan fingerprint density at radius 1 is 1.08 bits per heavy atom. The highest BCUT2D eigenvalue weighted by atomic mass is 16.5. The molecule has 0 bridgehead atoms. The average molecular weight is 500 g/mol. The highest BCUT2D eigenvalue weighted by molar-refractivity contribution is 5.92. The van der Waals surface area contributed by atoms with Crippen LogP contribution >= 0.6 is 0 Å². The minimum absolute atomic E-state index is 0.0998. The smallest absolute Gasteiger partial charge is 0.341 e. The summed E-state index contributed by atoms with van der Waals surface area (Å²) >= 11 is 0. The predicted octanol–water partition coefficient (Wildman–Crippen LogP) is 2.75. The maximum atomic E-state index is 12.6. The van der Waals surface area contributed by atoms with E-state index < -0.39 is 11.4 Å². The molecule has 2 aromatic carbocycles. The number of aromatic carboxylic acids is 1. The Balaban J connectivity index is 1.81. The van der Waals surface area contributed by atoms with Crippen molar-refractivity contribution in [3.8, 4) is 23.3 Å². The lowest BCUT2D eigenvalue weighted by atomic mass is 9.99. The Hall–Kier alpha value is -5.04. The molecule has 0 saturated heterocycles. The van der Waals surface area contributed by atoms with Crippen LogP contribution in [0, 0.1) is 11.8 Å². The maximum absolute atomic E-state index is 12.6. The minimum atomic E-state index is -1.28. The summed E-state index contributed by atoms with van der Waals surface area (Å²) in [6.07, 6.45) is 3.79. The van der Waals surface area contributed by atoms with E-state index in [1.54, 1.807) is 25.4 Å². The van der Waals surface area contributed by atoms with Crippen LogP contribution in [0.4, 0.5) is 11.8 Å². The summed E-state index contributed by atoms with van der Waals surface area (Å²) in [4.78, 5) is 34.9. The van der Waals surface area contributed by atoms with Gasteiger partial charge < -0.3 is 31.0 Å². The summed E-state index contributed by atoms with van der Waals surface area (Å²) < 4.78 is 11.1. The Labute approximate surface area is 212 Å². The number of nitrogen functional groups attached to an aromatic ring is 2. The van der Waals surface area contributed by atoms with Crippen LogP contribution in [0.3, 0.4) is 0 Å². The number of ether oxygens (including phenoxy) is 2. The van der Waals surface area contributed by atoms with Crippen LogP contribution in [-0.2, 0) is 12.8 Å². The molecule has 0 fully saturated rings. The van der Waals surface area contributed by atoms with E-state index in [4.69, 9.17) is 20.9 Å². The third-order valence-electron chi connectivity index (χ3n) is 5.90. The van der Waals surface area contributed by atoms with Crippen molar-refractivity contribution in [2.24, 2.45) is 0 Å². The van der Waals surface area contributed by atoms with Gasteiger partial charge in [-0.25, -0.2) is 9.78 Å². The van der Waals surface area contributed by atoms with Gasteiger partial charge in [-0.15, -0.1) is 0 Å². The molecular formula is C27H25N5O5. The van der Waals surface area contributed by atoms with E-state index in [0.717, 1.165) is 11.1 Å². The van der Waals surface area contributed by atoms with Crippen LogP contribution in [-0.4, -0.2) is 40.2 Å². The fourth-order valence-corrected chi connectivity index (χ4v) is 4.02. The molecule has 0 aliphatic rings. The highest BCUT2D eigenvalue weighted by Gasteiger charge is 2.15. The summed E-state index contributed by atoms with van der Waals surface area (Å²) in [6, 6.07) is 7.13. The first-order valence-electron chi connectivity index (χ1n) is 11.3. The van der Waals surface area contributed by atoms with E-state index in [-0.39, 0.29) is 11.5 Å². The fourth-order valence-electron chi connectivity index (χ4n) is 4.02. The topological polar surface area (TPSA) is 166 Å². The number of aromatic amines is 1. The molecule has 4 aromatic rings.